The molecule has 0 aromatic carbocycles. The third kappa shape index (κ3) is 2.76. The number of nitrogens with one attached hydrogen (secondary N) is 1. The molecule has 2 heterocycles. The Hall–Kier alpha value is -0.290. The van der Waals surface area contributed by atoms with Gasteiger partial charge in [0.15, 0.2) is 0 Å². The number of thiophene rings is 1. The molecule has 2 rings (SSSR count). The lowest BCUT2D eigenvalue weighted by Gasteiger charge is -2.14. The zero-order valence-electron chi connectivity index (χ0n) is 9.59. The molecule has 0 aliphatic carbocycles. The van der Waals surface area contributed by atoms with Crippen molar-refractivity contribution >= 4 is 38.9 Å². The van der Waals surface area contributed by atoms with E-state index in [9.17, 15) is 0 Å². The average molecular weight is 335 g/mol. The summed E-state index contributed by atoms with van der Waals surface area (Å²) in [6.45, 7) is 5.00. The van der Waals surface area contributed by atoms with Gasteiger partial charge in [0.05, 0.1) is 15.1 Å². The maximum absolute atomic E-state index is 6.08. The van der Waals surface area contributed by atoms with E-state index in [2.05, 4.69) is 28.2 Å². The highest BCUT2D eigenvalue weighted by molar-refractivity contribution is 9.11. The summed E-state index contributed by atoms with van der Waals surface area (Å²) in [5, 5.41) is 4.17. The predicted octanol–water partition coefficient (Wildman–Crippen LogP) is 4.76. The second-order valence-electron chi connectivity index (χ2n) is 3.73. The second kappa shape index (κ2) is 5.57. The van der Waals surface area contributed by atoms with Gasteiger partial charge in [0, 0.05) is 4.88 Å². The van der Waals surface area contributed by atoms with Gasteiger partial charge >= 0.3 is 0 Å². The molecule has 17 heavy (non-hydrogen) atoms. The molecular weight excluding hydrogens is 322 g/mol. The van der Waals surface area contributed by atoms with Crippen LogP contribution in [0.25, 0.3) is 0 Å². The summed E-state index contributed by atoms with van der Waals surface area (Å²) in [4.78, 5) is 1.15. The summed E-state index contributed by atoms with van der Waals surface area (Å²) in [5.74, 6) is 0.956. The molecule has 0 amide bonds. The molecule has 2 nitrogen and oxygen atoms in total. The van der Waals surface area contributed by atoms with E-state index in [1.165, 1.54) is 0 Å². The molecule has 1 N–H and O–H groups in total. The fraction of sp³-hybridized carbons (Fsp3) is 0.333. The van der Waals surface area contributed by atoms with Gasteiger partial charge in [-0.15, -0.1) is 11.3 Å². The van der Waals surface area contributed by atoms with Crippen molar-refractivity contribution < 1.29 is 4.42 Å². The van der Waals surface area contributed by atoms with Gasteiger partial charge in [-0.2, -0.15) is 0 Å². The molecule has 0 aliphatic rings. The number of halogens is 2. The van der Waals surface area contributed by atoms with Crippen LogP contribution in [0.5, 0.6) is 0 Å². The first-order chi connectivity index (χ1) is 8.13. The molecule has 0 aliphatic heterocycles. The van der Waals surface area contributed by atoms with E-state index >= 15 is 0 Å². The smallest absolute Gasteiger partial charge is 0.128 e. The molecule has 0 saturated heterocycles. The largest absolute Gasteiger partial charge is 0.467 e. The summed E-state index contributed by atoms with van der Waals surface area (Å²) < 4.78 is 6.53. The quantitative estimate of drug-likeness (QED) is 0.871. The van der Waals surface area contributed by atoms with E-state index in [-0.39, 0.29) is 6.04 Å². The first-order valence-electron chi connectivity index (χ1n) is 5.35. The maximum atomic E-state index is 6.08. The molecule has 0 saturated carbocycles. The molecule has 0 bridgehead atoms. The van der Waals surface area contributed by atoms with Crippen LogP contribution in [0.2, 0.25) is 5.02 Å². The Bertz CT molecular complexity index is 489. The van der Waals surface area contributed by atoms with Crippen LogP contribution in [0.4, 0.5) is 0 Å². The van der Waals surface area contributed by atoms with Crippen LogP contribution in [0.3, 0.4) is 0 Å². The standard InChI is InChI=1S/C12H13BrClNOS/c1-3-15-10(11-7(2)4-5-16-11)9-6-8(14)12(13)17-9/h4-6,10,15H,3H2,1-2H3. The summed E-state index contributed by atoms with van der Waals surface area (Å²) >= 11 is 11.2. The van der Waals surface area contributed by atoms with E-state index in [4.69, 9.17) is 16.0 Å². The Morgan fingerprint density at radius 3 is 2.82 bits per heavy atom. The topological polar surface area (TPSA) is 25.2 Å². The van der Waals surface area contributed by atoms with Crippen molar-refractivity contribution in [1.29, 1.82) is 0 Å². The molecule has 2 aromatic heterocycles. The van der Waals surface area contributed by atoms with Gasteiger partial charge in [-0.1, -0.05) is 18.5 Å². The number of hydrogen-bond donors (Lipinski definition) is 1. The minimum Gasteiger partial charge on any atom is -0.467 e. The number of hydrogen-bond acceptors (Lipinski definition) is 3. The van der Waals surface area contributed by atoms with Crippen LogP contribution in [0.1, 0.15) is 29.2 Å². The number of rotatable bonds is 4. The van der Waals surface area contributed by atoms with E-state index < -0.39 is 0 Å². The van der Waals surface area contributed by atoms with E-state index in [1.807, 2.05) is 19.1 Å². The fourth-order valence-corrected chi connectivity index (χ4v) is 3.53. The van der Waals surface area contributed by atoms with Crippen LogP contribution in [-0.2, 0) is 0 Å². The van der Waals surface area contributed by atoms with Crippen molar-refractivity contribution in [3.8, 4) is 0 Å². The van der Waals surface area contributed by atoms with Gasteiger partial charge < -0.3 is 9.73 Å². The first-order valence-corrected chi connectivity index (χ1v) is 7.34. The predicted molar refractivity (Wildman–Crippen MR) is 76.0 cm³/mol. The van der Waals surface area contributed by atoms with Crippen LogP contribution in [-0.4, -0.2) is 6.54 Å². The molecule has 1 atom stereocenters. The van der Waals surface area contributed by atoms with Crippen molar-refractivity contribution in [2.24, 2.45) is 0 Å². The Morgan fingerprint density at radius 2 is 2.35 bits per heavy atom. The van der Waals surface area contributed by atoms with E-state index in [0.29, 0.717) is 0 Å². The van der Waals surface area contributed by atoms with Gasteiger partial charge in [-0.25, -0.2) is 0 Å². The molecule has 2 aromatic rings. The molecule has 92 valence electrons. The third-order valence-electron chi connectivity index (χ3n) is 2.52. The minimum absolute atomic E-state index is 0.0730. The molecular formula is C12H13BrClNOS. The van der Waals surface area contributed by atoms with Gasteiger partial charge in [0.25, 0.3) is 0 Å². The van der Waals surface area contributed by atoms with Crippen LogP contribution < -0.4 is 5.32 Å². The highest BCUT2D eigenvalue weighted by Gasteiger charge is 2.21. The van der Waals surface area contributed by atoms with Crippen LogP contribution in [0.15, 0.2) is 26.6 Å². The van der Waals surface area contributed by atoms with Gasteiger partial charge in [0.1, 0.15) is 11.8 Å². The third-order valence-corrected chi connectivity index (χ3v) is 5.06. The minimum atomic E-state index is 0.0730. The van der Waals surface area contributed by atoms with Gasteiger partial charge in [0.2, 0.25) is 0 Å². The van der Waals surface area contributed by atoms with E-state index in [0.717, 1.165) is 31.6 Å². The Kier molecular flexibility index (Phi) is 4.31. The summed E-state index contributed by atoms with van der Waals surface area (Å²) in [7, 11) is 0. The molecule has 0 fully saturated rings. The monoisotopic (exact) mass is 333 g/mol. The Morgan fingerprint density at radius 1 is 1.59 bits per heavy atom. The summed E-state index contributed by atoms with van der Waals surface area (Å²) in [6, 6.07) is 4.03. The van der Waals surface area contributed by atoms with Crippen molar-refractivity contribution in [3.63, 3.8) is 0 Å². The van der Waals surface area contributed by atoms with Crippen molar-refractivity contribution in [1.82, 2.24) is 5.32 Å². The lowest BCUT2D eigenvalue weighted by molar-refractivity contribution is 0.452. The SMILES string of the molecule is CCNC(c1cc(Cl)c(Br)s1)c1occc1C. The van der Waals surface area contributed by atoms with Crippen LogP contribution >= 0.6 is 38.9 Å². The zero-order chi connectivity index (χ0) is 12.4. The molecule has 5 heteroatoms. The zero-order valence-corrected chi connectivity index (χ0v) is 12.7. The average Bonchev–Trinajstić information content (AvgIpc) is 2.83. The summed E-state index contributed by atoms with van der Waals surface area (Å²) in [5.41, 5.74) is 1.15. The van der Waals surface area contributed by atoms with Gasteiger partial charge in [-0.3, -0.25) is 0 Å². The molecule has 1 unspecified atom stereocenters. The van der Waals surface area contributed by atoms with Crippen LogP contribution in [0, 0.1) is 6.92 Å². The lowest BCUT2D eigenvalue weighted by Crippen LogP contribution is -2.21. The second-order valence-corrected chi connectivity index (χ2v) is 6.54. The lowest BCUT2D eigenvalue weighted by atomic mass is 10.1. The summed E-state index contributed by atoms with van der Waals surface area (Å²) in [6.07, 6.45) is 1.72. The normalized spacial score (nSPS) is 12.9. The van der Waals surface area contributed by atoms with Crippen molar-refractivity contribution in [3.05, 3.63) is 43.4 Å². The Labute approximate surface area is 118 Å². The highest BCUT2D eigenvalue weighted by Crippen LogP contribution is 2.38. The molecule has 0 radical (unpaired) electrons. The van der Waals surface area contributed by atoms with E-state index in [1.54, 1.807) is 17.6 Å². The molecule has 0 spiro atoms. The Balaban J connectivity index is 2.39. The van der Waals surface area contributed by atoms with Gasteiger partial charge in [-0.05, 0) is 47.1 Å². The first kappa shape index (κ1) is 13.1. The van der Waals surface area contributed by atoms with Crippen molar-refractivity contribution in [2.75, 3.05) is 6.54 Å². The number of aryl methyl sites for hydroxylation is 1. The highest BCUT2D eigenvalue weighted by atomic mass is 79.9. The maximum Gasteiger partial charge on any atom is 0.128 e. The number of furan rings is 1. The van der Waals surface area contributed by atoms with Crippen molar-refractivity contribution in [2.45, 2.75) is 19.9 Å². The fourth-order valence-electron chi connectivity index (χ4n) is 1.71.